The molecule has 0 aliphatic rings. The summed E-state index contributed by atoms with van der Waals surface area (Å²) in [6.07, 6.45) is 1.49. The Balaban J connectivity index is 2.39. The van der Waals surface area contributed by atoms with Gasteiger partial charge in [0.15, 0.2) is 0 Å². The first-order chi connectivity index (χ1) is 7.06. The molecule has 0 aliphatic heterocycles. The van der Waals surface area contributed by atoms with Crippen LogP contribution >= 0.6 is 11.3 Å². The second-order valence-corrected chi connectivity index (χ2v) is 5.62. The number of hydrogen-bond donors (Lipinski definition) is 2. The normalized spacial score (nSPS) is 11.8. The fraction of sp³-hybridized carbons (Fsp3) is 0.125. The molecule has 0 radical (unpaired) electrons. The van der Waals surface area contributed by atoms with Crippen LogP contribution < -0.4 is 5.14 Å². The largest absolute Gasteiger partial charge is 0.277 e. The quantitative estimate of drug-likeness (QED) is 0.840. The number of primary sulfonamides is 1. The first-order valence-corrected chi connectivity index (χ1v) is 6.72. The van der Waals surface area contributed by atoms with E-state index >= 15 is 0 Å². The van der Waals surface area contributed by atoms with E-state index in [1.165, 1.54) is 17.5 Å². The highest BCUT2D eigenvalue weighted by Crippen LogP contribution is 2.26. The van der Waals surface area contributed by atoms with Crippen LogP contribution in [0.25, 0.3) is 10.6 Å². The maximum Gasteiger partial charge on any atom is 0.213 e. The number of aromatic amines is 1. The number of nitrogens with zero attached hydrogens (tertiary/aromatic N) is 1. The Morgan fingerprint density at radius 1 is 1.53 bits per heavy atom. The molecule has 2 rings (SSSR count). The smallest absolute Gasteiger partial charge is 0.213 e. The molecule has 3 N–H and O–H groups in total. The number of nitrogens with two attached hydrogens (primary N) is 1. The Morgan fingerprint density at radius 3 is 2.93 bits per heavy atom. The molecule has 80 valence electrons. The highest BCUT2D eigenvalue weighted by Gasteiger charge is 2.13. The molecule has 0 unspecified atom stereocenters. The molecule has 0 fully saturated rings. The third-order valence-corrected chi connectivity index (χ3v) is 3.44. The molecule has 0 amide bonds. The van der Waals surface area contributed by atoms with E-state index in [0.717, 1.165) is 10.6 Å². The molecule has 0 atom stereocenters. The Labute approximate surface area is 91.0 Å². The second kappa shape index (κ2) is 3.76. The number of aromatic nitrogens is 2. The first kappa shape index (κ1) is 10.3. The van der Waals surface area contributed by atoms with Gasteiger partial charge in [-0.1, -0.05) is 6.07 Å². The van der Waals surface area contributed by atoms with E-state index in [1.807, 2.05) is 17.5 Å². The molecule has 0 aliphatic carbocycles. The summed E-state index contributed by atoms with van der Waals surface area (Å²) in [6, 6.07) is 3.78. The van der Waals surface area contributed by atoms with Gasteiger partial charge >= 0.3 is 0 Å². The van der Waals surface area contributed by atoms with E-state index in [9.17, 15) is 8.42 Å². The maximum absolute atomic E-state index is 11.0. The predicted molar refractivity (Wildman–Crippen MR) is 58.7 cm³/mol. The molecular weight excluding hydrogens is 234 g/mol. The topological polar surface area (TPSA) is 88.8 Å². The van der Waals surface area contributed by atoms with Crippen LogP contribution in [-0.2, 0) is 15.8 Å². The van der Waals surface area contributed by atoms with Gasteiger partial charge in [0.25, 0.3) is 0 Å². The Hall–Kier alpha value is -1.18. The minimum absolute atomic E-state index is 0.198. The average molecular weight is 243 g/mol. The number of H-pyrrole nitrogens is 1. The molecule has 0 bridgehead atoms. The summed E-state index contributed by atoms with van der Waals surface area (Å²) in [5.41, 5.74) is 1.32. The van der Waals surface area contributed by atoms with Crippen LogP contribution in [0.4, 0.5) is 0 Å². The van der Waals surface area contributed by atoms with Gasteiger partial charge < -0.3 is 0 Å². The Kier molecular flexibility index (Phi) is 2.59. The van der Waals surface area contributed by atoms with Crippen LogP contribution in [0, 0.1) is 0 Å². The Bertz CT molecular complexity index is 542. The van der Waals surface area contributed by atoms with Crippen molar-refractivity contribution in [3.05, 3.63) is 29.3 Å². The summed E-state index contributed by atoms with van der Waals surface area (Å²) in [7, 11) is -3.52. The summed E-state index contributed by atoms with van der Waals surface area (Å²) >= 11 is 1.51. The van der Waals surface area contributed by atoms with Crippen LogP contribution in [0.3, 0.4) is 0 Å². The lowest BCUT2D eigenvalue weighted by molar-refractivity contribution is 0.597. The molecule has 15 heavy (non-hydrogen) atoms. The molecule has 0 saturated carbocycles. The minimum Gasteiger partial charge on any atom is -0.277 e. The summed E-state index contributed by atoms with van der Waals surface area (Å²) in [6.45, 7) is 0. The highest BCUT2D eigenvalue weighted by atomic mass is 32.2. The van der Waals surface area contributed by atoms with Crippen molar-refractivity contribution in [3.63, 3.8) is 0 Å². The summed E-state index contributed by atoms with van der Waals surface area (Å²) < 4.78 is 21.9. The van der Waals surface area contributed by atoms with Crippen LogP contribution in [0.15, 0.2) is 23.7 Å². The molecule has 0 aromatic carbocycles. The summed E-state index contributed by atoms with van der Waals surface area (Å²) in [4.78, 5) is 0.950. The number of nitrogens with one attached hydrogen (secondary N) is 1. The molecule has 2 aromatic rings. The lowest BCUT2D eigenvalue weighted by Gasteiger charge is -1.98. The van der Waals surface area contributed by atoms with Crippen molar-refractivity contribution in [1.82, 2.24) is 10.2 Å². The van der Waals surface area contributed by atoms with Crippen molar-refractivity contribution in [2.24, 2.45) is 5.14 Å². The SMILES string of the molecule is NS(=O)(=O)Cc1cn[nH]c1-c1cccs1. The first-order valence-electron chi connectivity index (χ1n) is 4.13. The van der Waals surface area contributed by atoms with Crippen molar-refractivity contribution >= 4 is 21.4 Å². The van der Waals surface area contributed by atoms with Gasteiger partial charge in [-0.2, -0.15) is 5.10 Å². The summed E-state index contributed by atoms with van der Waals surface area (Å²) in [5, 5.41) is 13.5. The second-order valence-electron chi connectivity index (χ2n) is 3.05. The van der Waals surface area contributed by atoms with Crippen LogP contribution in [0.2, 0.25) is 0 Å². The third kappa shape index (κ3) is 2.44. The summed E-state index contributed by atoms with van der Waals surface area (Å²) in [5.74, 6) is -0.198. The number of rotatable bonds is 3. The van der Waals surface area contributed by atoms with Gasteiger partial charge in [-0.05, 0) is 11.4 Å². The van der Waals surface area contributed by atoms with E-state index in [-0.39, 0.29) is 5.75 Å². The standard InChI is InChI=1S/C8H9N3O2S2/c9-15(12,13)5-6-4-10-11-8(6)7-2-1-3-14-7/h1-4H,5H2,(H,10,11)(H2,9,12,13). The zero-order chi connectivity index (χ0) is 10.9. The minimum atomic E-state index is -3.52. The Morgan fingerprint density at radius 2 is 2.33 bits per heavy atom. The van der Waals surface area contributed by atoms with Crippen LogP contribution in [-0.4, -0.2) is 18.6 Å². The predicted octanol–water partition coefficient (Wildman–Crippen LogP) is 0.927. The van der Waals surface area contributed by atoms with E-state index in [0.29, 0.717) is 5.56 Å². The van der Waals surface area contributed by atoms with Crippen molar-refractivity contribution in [1.29, 1.82) is 0 Å². The van der Waals surface area contributed by atoms with E-state index in [2.05, 4.69) is 10.2 Å². The van der Waals surface area contributed by atoms with Crippen molar-refractivity contribution in [3.8, 4) is 10.6 Å². The molecule has 2 aromatic heterocycles. The molecular formula is C8H9N3O2S2. The highest BCUT2D eigenvalue weighted by molar-refractivity contribution is 7.88. The zero-order valence-corrected chi connectivity index (χ0v) is 9.31. The van der Waals surface area contributed by atoms with Gasteiger partial charge in [0.05, 0.1) is 22.5 Å². The van der Waals surface area contributed by atoms with Crippen LogP contribution in [0.1, 0.15) is 5.56 Å². The van der Waals surface area contributed by atoms with Gasteiger partial charge in [0.1, 0.15) is 0 Å². The van der Waals surface area contributed by atoms with Crippen molar-refractivity contribution in [2.75, 3.05) is 0 Å². The van der Waals surface area contributed by atoms with E-state index in [1.54, 1.807) is 0 Å². The number of hydrogen-bond acceptors (Lipinski definition) is 4. The van der Waals surface area contributed by atoms with Crippen LogP contribution in [0.5, 0.6) is 0 Å². The average Bonchev–Trinajstić information content (AvgIpc) is 2.68. The number of sulfonamides is 1. The molecule has 7 heteroatoms. The van der Waals surface area contributed by atoms with Gasteiger partial charge in [-0.25, -0.2) is 13.6 Å². The fourth-order valence-electron chi connectivity index (χ4n) is 1.27. The van der Waals surface area contributed by atoms with Crippen molar-refractivity contribution in [2.45, 2.75) is 5.75 Å². The lowest BCUT2D eigenvalue weighted by atomic mass is 10.2. The fourth-order valence-corrected chi connectivity index (χ4v) is 2.68. The van der Waals surface area contributed by atoms with Crippen molar-refractivity contribution < 1.29 is 8.42 Å². The van der Waals surface area contributed by atoms with Gasteiger partial charge in [0.2, 0.25) is 10.0 Å². The van der Waals surface area contributed by atoms with Gasteiger partial charge in [-0.3, -0.25) is 5.10 Å². The van der Waals surface area contributed by atoms with Gasteiger partial charge in [-0.15, -0.1) is 11.3 Å². The zero-order valence-electron chi connectivity index (χ0n) is 7.67. The third-order valence-electron chi connectivity index (χ3n) is 1.84. The molecule has 0 saturated heterocycles. The van der Waals surface area contributed by atoms with Gasteiger partial charge in [0, 0.05) is 5.56 Å². The molecule has 2 heterocycles. The van der Waals surface area contributed by atoms with E-state index < -0.39 is 10.0 Å². The van der Waals surface area contributed by atoms with E-state index in [4.69, 9.17) is 5.14 Å². The molecule has 5 nitrogen and oxygen atoms in total. The maximum atomic E-state index is 11.0. The molecule has 0 spiro atoms. The lowest BCUT2D eigenvalue weighted by Crippen LogP contribution is -2.14. The monoisotopic (exact) mass is 243 g/mol. The number of thiophene rings is 1.